The van der Waals surface area contributed by atoms with E-state index in [0.29, 0.717) is 5.76 Å². The minimum absolute atomic E-state index is 0.276. The second kappa shape index (κ2) is 4.31. The predicted molar refractivity (Wildman–Crippen MR) is 65.2 cm³/mol. The smallest absolute Gasteiger partial charge is 0.404 e. The van der Waals surface area contributed by atoms with Crippen molar-refractivity contribution in [2.75, 3.05) is 0 Å². The van der Waals surface area contributed by atoms with Crippen LogP contribution >= 0.6 is 11.3 Å². The summed E-state index contributed by atoms with van der Waals surface area (Å²) in [5.41, 5.74) is 7.12. The zero-order valence-corrected chi connectivity index (χ0v) is 10.3. The molecule has 90 valence electrons. The van der Waals surface area contributed by atoms with Crippen LogP contribution in [0.25, 0.3) is 0 Å². The van der Waals surface area contributed by atoms with Gasteiger partial charge in [-0.05, 0) is 31.5 Å². The molecule has 0 amide bonds. The molecule has 2 N–H and O–H groups in total. The first-order valence-corrected chi connectivity index (χ1v) is 5.87. The number of hydrogen-bond donors (Lipinski definition) is 1. The third-order valence-corrected chi connectivity index (χ3v) is 3.70. The Morgan fingerprint density at radius 3 is 2.65 bits per heavy atom. The number of thiophene rings is 1. The maximum Gasteiger partial charge on any atom is 0.433 e. The topological polar surface area (TPSA) is 82.3 Å². The van der Waals surface area contributed by atoms with Gasteiger partial charge in [0, 0.05) is 9.75 Å². The Hall–Kier alpha value is -1.66. The molecule has 17 heavy (non-hydrogen) atoms. The molecular weight excluding hydrogens is 240 g/mol. The van der Waals surface area contributed by atoms with E-state index in [1.165, 1.54) is 6.07 Å². The zero-order chi connectivity index (χ0) is 12.6. The molecule has 0 spiro atoms. The summed E-state index contributed by atoms with van der Waals surface area (Å²) in [5, 5.41) is 10.5. The molecule has 0 aliphatic heterocycles. The van der Waals surface area contributed by atoms with Crippen LogP contribution in [0.3, 0.4) is 0 Å². The summed E-state index contributed by atoms with van der Waals surface area (Å²) in [4.78, 5) is 12.1. The quantitative estimate of drug-likeness (QED) is 0.672. The molecule has 2 aromatic heterocycles. The molecule has 6 heteroatoms. The fraction of sp³-hybridized carbons (Fsp3) is 0.273. The van der Waals surface area contributed by atoms with E-state index in [1.54, 1.807) is 17.4 Å². The van der Waals surface area contributed by atoms with Crippen molar-refractivity contribution in [2.24, 2.45) is 5.73 Å². The first-order chi connectivity index (χ1) is 7.99. The van der Waals surface area contributed by atoms with Gasteiger partial charge < -0.3 is 10.2 Å². The van der Waals surface area contributed by atoms with Gasteiger partial charge >= 0.3 is 5.88 Å². The van der Waals surface area contributed by atoms with Crippen LogP contribution < -0.4 is 5.73 Å². The first kappa shape index (κ1) is 11.8. The molecule has 1 atom stereocenters. The summed E-state index contributed by atoms with van der Waals surface area (Å²) in [6, 6.07) is 4.47. The SMILES string of the molecule is Cc1cc(C)c(C(N)c2ccc([N+](=O)[O-])o2)s1. The lowest BCUT2D eigenvalue weighted by Gasteiger charge is -2.06. The van der Waals surface area contributed by atoms with E-state index in [4.69, 9.17) is 10.2 Å². The number of hydrogen-bond acceptors (Lipinski definition) is 5. The van der Waals surface area contributed by atoms with E-state index in [9.17, 15) is 10.1 Å². The lowest BCUT2D eigenvalue weighted by molar-refractivity contribution is -0.402. The van der Waals surface area contributed by atoms with Crippen molar-refractivity contribution in [3.8, 4) is 0 Å². The van der Waals surface area contributed by atoms with Crippen LogP contribution in [0.1, 0.15) is 27.1 Å². The molecular formula is C11H12N2O3S. The van der Waals surface area contributed by atoms with Gasteiger partial charge in [-0.25, -0.2) is 0 Å². The molecule has 2 aromatic rings. The molecule has 0 bridgehead atoms. The van der Waals surface area contributed by atoms with Crippen LogP contribution in [0.15, 0.2) is 22.6 Å². The molecule has 5 nitrogen and oxygen atoms in total. The maximum absolute atomic E-state index is 10.5. The third kappa shape index (κ3) is 2.22. The number of aryl methyl sites for hydroxylation is 2. The van der Waals surface area contributed by atoms with E-state index >= 15 is 0 Å². The molecule has 0 aliphatic carbocycles. The largest absolute Gasteiger partial charge is 0.433 e. The number of nitrogens with zero attached hydrogens (tertiary/aromatic N) is 1. The van der Waals surface area contributed by atoms with Gasteiger partial charge in [-0.15, -0.1) is 11.3 Å². The van der Waals surface area contributed by atoms with E-state index in [2.05, 4.69) is 0 Å². The summed E-state index contributed by atoms with van der Waals surface area (Å²) in [6.07, 6.45) is 0. The highest BCUT2D eigenvalue weighted by Gasteiger charge is 2.20. The Kier molecular flexibility index (Phi) is 2.99. The van der Waals surface area contributed by atoms with Crippen molar-refractivity contribution in [1.29, 1.82) is 0 Å². The van der Waals surface area contributed by atoms with Crippen LogP contribution in [-0.4, -0.2) is 4.92 Å². The van der Waals surface area contributed by atoms with Gasteiger partial charge in [0.2, 0.25) is 0 Å². The molecule has 0 saturated carbocycles. The van der Waals surface area contributed by atoms with Crippen molar-refractivity contribution in [3.63, 3.8) is 0 Å². The van der Waals surface area contributed by atoms with Gasteiger partial charge in [0.15, 0.2) is 0 Å². The van der Waals surface area contributed by atoms with Crippen molar-refractivity contribution >= 4 is 17.2 Å². The summed E-state index contributed by atoms with van der Waals surface area (Å²) >= 11 is 1.58. The minimum Gasteiger partial charge on any atom is -0.404 e. The van der Waals surface area contributed by atoms with Gasteiger partial charge in [0.05, 0.1) is 12.1 Å². The van der Waals surface area contributed by atoms with Crippen LogP contribution in [-0.2, 0) is 0 Å². The minimum atomic E-state index is -0.567. The summed E-state index contributed by atoms with van der Waals surface area (Å²) in [6.45, 7) is 3.97. The zero-order valence-electron chi connectivity index (χ0n) is 9.47. The second-order valence-corrected chi connectivity index (χ2v) is 5.10. The van der Waals surface area contributed by atoms with E-state index in [1.807, 2.05) is 19.9 Å². The van der Waals surface area contributed by atoms with E-state index in [-0.39, 0.29) is 5.88 Å². The van der Waals surface area contributed by atoms with Crippen molar-refractivity contribution in [2.45, 2.75) is 19.9 Å². The number of furan rings is 1. The highest BCUT2D eigenvalue weighted by atomic mass is 32.1. The van der Waals surface area contributed by atoms with Crippen molar-refractivity contribution in [3.05, 3.63) is 49.4 Å². The Morgan fingerprint density at radius 1 is 1.47 bits per heavy atom. The maximum atomic E-state index is 10.5. The molecule has 1 unspecified atom stereocenters. The molecule has 2 rings (SSSR count). The van der Waals surface area contributed by atoms with Gasteiger partial charge in [-0.1, -0.05) is 0 Å². The average Bonchev–Trinajstić information content (AvgIpc) is 2.84. The Morgan fingerprint density at radius 2 is 2.18 bits per heavy atom. The lowest BCUT2D eigenvalue weighted by Crippen LogP contribution is -2.10. The van der Waals surface area contributed by atoms with Gasteiger partial charge in [0.25, 0.3) is 0 Å². The fourth-order valence-electron chi connectivity index (χ4n) is 1.70. The third-order valence-electron chi connectivity index (χ3n) is 2.46. The molecule has 0 radical (unpaired) electrons. The van der Waals surface area contributed by atoms with E-state index < -0.39 is 11.0 Å². The lowest BCUT2D eigenvalue weighted by atomic mass is 10.1. The monoisotopic (exact) mass is 252 g/mol. The molecule has 0 saturated heterocycles. The second-order valence-electron chi connectivity index (χ2n) is 3.82. The first-order valence-electron chi connectivity index (χ1n) is 5.05. The predicted octanol–water partition coefficient (Wildman–Crippen LogP) is 2.91. The van der Waals surface area contributed by atoms with Crippen molar-refractivity contribution in [1.82, 2.24) is 0 Å². The number of nitro groups is 1. The Balaban J connectivity index is 2.33. The Labute approximate surface area is 102 Å². The molecule has 0 fully saturated rings. The van der Waals surface area contributed by atoms with Gasteiger partial charge in [0.1, 0.15) is 10.7 Å². The molecule has 2 heterocycles. The highest BCUT2D eigenvalue weighted by Crippen LogP contribution is 2.32. The normalized spacial score (nSPS) is 12.6. The van der Waals surface area contributed by atoms with Crippen molar-refractivity contribution < 1.29 is 9.34 Å². The van der Waals surface area contributed by atoms with Gasteiger partial charge in [-0.3, -0.25) is 10.1 Å². The number of nitrogens with two attached hydrogens (primary N) is 1. The molecule has 0 aromatic carbocycles. The fourth-order valence-corrected chi connectivity index (χ4v) is 2.75. The molecule has 0 aliphatic rings. The van der Waals surface area contributed by atoms with Crippen LogP contribution in [0.2, 0.25) is 0 Å². The summed E-state index contributed by atoms with van der Waals surface area (Å²) < 4.78 is 5.11. The summed E-state index contributed by atoms with van der Waals surface area (Å²) in [5.74, 6) is 0.142. The number of rotatable bonds is 3. The van der Waals surface area contributed by atoms with Crippen LogP contribution in [0.5, 0.6) is 0 Å². The standard InChI is InChI=1S/C11H12N2O3S/c1-6-5-7(2)17-11(6)10(12)8-3-4-9(16-8)13(14)15/h3-5,10H,12H2,1-2H3. The highest BCUT2D eigenvalue weighted by molar-refractivity contribution is 7.12. The average molecular weight is 252 g/mol. The summed E-state index contributed by atoms with van der Waals surface area (Å²) in [7, 11) is 0. The van der Waals surface area contributed by atoms with Gasteiger partial charge in [-0.2, -0.15) is 0 Å². The van der Waals surface area contributed by atoms with Crippen LogP contribution in [0.4, 0.5) is 5.88 Å². The van der Waals surface area contributed by atoms with E-state index in [0.717, 1.165) is 15.3 Å². The van der Waals surface area contributed by atoms with Crippen LogP contribution in [0, 0.1) is 24.0 Å². The Bertz CT molecular complexity index is 559.